The number of hydrogen-bond donors (Lipinski definition) is 1. The van der Waals surface area contributed by atoms with E-state index in [0.717, 1.165) is 28.2 Å². The third-order valence-corrected chi connectivity index (χ3v) is 4.20. The zero-order valence-corrected chi connectivity index (χ0v) is 10.5. The fourth-order valence-corrected chi connectivity index (χ4v) is 3.19. The van der Waals surface area contributed by atoms with Crippen LogP contribution in [0.1, 0.15) is 16.7 Å². The number of nitrogen functional groups attached to an aromatic ring is 1. The van der Waals surface area contributed by atoms with E-state index in [1.165, 1.54) is 11.8 Å². The lowest BCUT2D eigenvalue weighted by Gasteiger charge is -2.21. The van der Waals surface area contributed by atoms with E-state index in [-0.39, 0.29) is 5.69 Å². The van der Waals surface area contributed by atoms with E-state index in [4.69, 9.17) is 5.73 Å². The summed E-state index contributed by atoms with van der Waals surface area (Å²) in [6, 6.07) is 4.03. The molecule has 98 valence electrons. The van der Waals surface area contributed by atoms with Gasteiger partial charge in [0, 0.05) is 34.3 Å². The molecule has 2 nitrogen and oxygen atoms in total. The SMILES string of the molecule is Nc1cc(C(F)(F)F)cc2c1Cc1ccncc1S2. The summed E-state index contributed by atoms with van der Waals surface area (Å²) in [5.74, 6) is 0. The van der Waals surface area contributed by atoms with Crippen LogP contribution in [0.15, 0.2) is 40.4 Å². The van der Waals surface area contributed by atoms with Crippen LogP contribution in [0.2, 0.25) is 0 Å². The van der Waals surface area contributed by atoms with Crippen molar-refractivity contribution < 1.29 is 13.2 Å². The molecule has 19 heavy (non-hydrogen) atoms. The van der Waals surface area contributed by atoms with E-state index in [1.807, 2.05) is 6.07 Å². The lowest BCUT2D eigenvalue weighted by Crippen LogP contribution is -2.10. The van der Waals surface area contributed by atoms with Crippen molar-refractivity contribution in [3.8, 4) is 0 Å². The second kappa shape index (κ2) is 4.16. The molecule has 1 aromatic heterocycles. The van der Waals surface area contributed by atoms with E-state index >= 15 is 0 Å². The van der Waals surface area contributed by atoms with Gasteiger partial charge in [0.2, 0.25) is 0 Å². The number of pyridine rings is 1. The Morgan fingerprint density at radius 3 is 2.74 bits per heavy atom. The molecule has 0 bridgehead atoms. The molecule has 0 atom stereocenters. The average Bonchev–Trinajstić information content (AvgIpc) is 2.35. The number of alkyl halides is 3. The van der Waals surface area contributed by atoms with Crippen molar-refractivity contribution in [1.29, 1.82) is 0 Å². The standard InChI is InChI=1S/C13H9F3N2S/c14-13(15,16)8-4-10(17)9-3-7-1-2-18-6-12(7)19-11(9)5-8/h1-2,4-6H,3,17H2. The number of benzene rings is 1. The lowest BCUT2D eigenvalue weighted by molar-refractivity contribution is -0.137. The molecule has 0 unspecified atom stereocenters. The first-order valence-electron chi connectivity index (χ1n) is 5.55. The first-order valence-corrected chi connectivity index (χ1v) is 6.37. The van der Waals surface area contributed by atoms with Gasteiger partial charge >= 0.3 is 6.18 Å². The highest BCUT2D eigenvalue weighted by atomic mass is 32.2. The number of rotatable bonds is 0. The summed E-state index contributed by atoms with van der Waals surface area (Å²) in [5, 5.41) is 0. The molecule has 1 aliphatic rings. The van der Waals surface area contributed by atoms with Crippen LogP contribution >= 0.6 is 11.8 Å². The van der Waals surface area contributed by atoms with E-state index in [9.17, 15) is 13.2 Å². The van der Waals surface area contributed by atoms with E-state index in [1.54, 1.807) is 12.4 Å². The van der Waals surface area contributed by atoms with E-state index in [2.05, 4.69) is 4.98 Å². The summed E-state index contributed by atoms with van der Waals surface area (Å²) in [5.41, 5.74) is 7.06. The molecule has 0 saturated carbocycles. The second-order valence-electron chi connectivity index (χ2n) is 4.30. The Labute approximate surface area is 111 Å². The predicted molar refractivity (Wildman–Crippen MR) is 67.0 cm³/mol. The van der Waals surface area contributed by atoms with Gasteiger partial charge < -0.3 is 5.73 Å². The highest BCUT2D eigenvalue weighted by molar-refractivity contribution is 7.99. The normalized spacial score (nSPS) is 13.8. The van der Waals surface area contributed by atoms with Crippen molar-refractivity contribution in [2.45, 2.75) is 22.4 Å². The molecule has 0 spiro atoms. The fraction of sp³-hybridized carbons (Fsp3) is 0.154. The molecule has 3 rings (SSSR count). The number of nitrogens with two attached hydrogens (primary N) is 1. The maximum Gasteiger partial charge on any atom is 0.416 e. The molecule has 0 fully saturated rings. The molecule has 0 radical (unpaired) electrons. The first kappa shape index (κ1) is 12.3. The number of hydrogen-bond acceptors (Lipinski definition) is 3. The summed E-state index contributed by atoms with van der Waals surface area (Å²) in [6.45, 7) is 0. The van der Waals surface area contributed by atoms with Gasteiger partial charge in [-0.05, 0) is 29.3 Å². The first-order chi connectivity index (χ1) is 8.95. The zero-order chi connectivity index (χ0) is 13.6. The number of anilines is 1. The summed E-state index contributed by atoms with van der Waals surface area (Å²) in [7, 11) is 0. The Kier molecular flexibility index (Phi) is 2.70. The topological polar surface area (TPSA) is 38.9 Å². The van der Waals surface area contributed by atoms with Crippen LogP contribution in [0.3, 0.4) is 0 Å². The monoisotopic (exact) mass is 282 g/mol. The smallest absolute Gasteiger partial charge is 0.398 e. The summed E-state index contributed by atoms with van der Waals surface area (Å²) in [4.78, 5) is 5.44. The molecule has 1 aliphatic heterocycles. The van der Waals surface area contributed by atoms with Crippen LogP contribution in [0.5, 0.6) is 0 Å². The minimum Gasteiger partial charge on any atom is -0.398 e. The highest BCUT2D eigenvalue weighted by Gasteiger charge is 2.32. The van der Waals surface area contributed by atoms with Crippen molar-refractivity contribution in [2.75, 3.05) is 5.73 Å². The maximum atomic E-state index is 12.8. The minimum atomic E-state index is -4.38. The third kappa shape index (κ3) is 2.16. The predicted octanol–water partition coefficient (Wildman–Crippen LogP) is 3.74. The Morgan fingerprint density at radius 2 is 2.00 bits per heavy atom. The number of nitrogens with zero attached hydrogens (tertiary/aromatic N) is 1. The van der Waals surface area contributed by atoms with E-state index < -0.39 is 11.7 Å². The van der Waals surface area contributed by atoms with Crippen LogP contribution in [0.4, 0.5) is 18.9 Å². The van der Waals surface area contributed by atoms with Crippen LogP contribution < -0.4 is 5.73 Å². The van der Waals surface area contributed by atoms with Gasteiger partial charge in [0.15, 0.2) is 0 Å². The largest absolute Gasteiger partial charge is 0.416 e. The lowest BCUT2D eigenvalue weighted by atomic mass is 10.0. The molecule has 2 heterocycles. The molecule has 1 aromatic carbocycles. The van der Waals surface area contributed by atoms with Crippen LogP contribution in [-0.4, -0.2) is 4.98 Å². The molecule has 2 N–H and O–H groups in total. The van der Waals surface area contributed by atoms with Gasteiger partial charge in [0.05, 0.1) is 5.56 Å². The average molecular weight is 282 g/mol. The summed E-state index contributed by atoms with van der Waals surface area (Å²) >= 11 is 1.28. The van der Waals surface area contributed by atoms with Gasteiger partial charge in [-0.15, -0.1) is 0 Å². The molecular weight excluding hydrogens is 273 g/mol. The molecule has 0 aliphatic carbocycles. The summed E-state index contributed by atoms with van der Waals surface area (Å²) < 4.78 is 38.3. The van der Waals surface area contributed by atoms with Crippen molar-refractivity contribution in [3.63, 3.8) is 0 Å². The van der Waals surface area contributed by atoms with Crippen LogP contribution in [0, 0.1) is 0 Å². The van der Waals surface area contributed by atoms with Crippen LogP contribution in [-0.2, 0) is 12.6 Å². The van der Waals surface area contributed by atoms with Crippen molar-refractivity contribution in [2.24, 2.45) is 0 Å². The van der Waals surface area contributed by atoms with Crippen molar-refractivity contribution >= 4 is 17.4 Å². The number of halogens is 3. The van der Waals surface area contributed by atoms with Gasteiger partial charge in [-0.3, -0.25) is 4.98 Å². The minimum absolute atomic E-state index is 0.194. The fourth-order valence-electron chi connectivity index (χ4n) is 2.07. The van der Waals surface area contributed by atoms with Crippen molar-refractivity contribution in [3.05, 3.63) is 47.3 Å². The molecule has 0 amide bonds. The third-order valence-electron chi connectivity index (χ3n) is 3.03. The highest BCUT2D eigenvalue weighted by Crippen LogP contribution is 2.44. The van der Waals surface area contributed by atoms with Gasteiger partial charge in [-0.1, -0.05) is 11.8 Å². The van der Waals surface area contributed by atoms with E-state index in [0.29, 0.717) is 11.3 Å². The molecular formula is C13H9F3N2S. The van der Waals surface area contributed by atoms with Gasteiger partial charge in [0.1, 0.15) is 0 Å². The maximum absolute atomic E-state index is 12.8. The van der Waals surface area contributed by atoms with Crippen molar-refractivity contribution in [1.82, 2.24) is 4.98 Å². The number of fused-ring (bicyclic) bond motifs is 2. The van der Waals surface area contributed by atoms with Gasteiger partial charge in [0.25, 0.3) is 0 Å². The van der Waals surface area contributed by atoms with Crippen LogP contribution in [0.25, 0.3) is 0 Å². The Balaban J connectivity index is 2.11. The Morgan fingerprint density at radius 1 is 1.21 bits per heavy atom. The van der Waals surface area contributed by atoms with Gasteiger partial charge in [-0.2, -0.15) is 13.2 Å². The van der Waals surface area contributed by atoms with Gasteiger partial charge in [-0.25, -0.2) is 0 Å². The Hall–Kier alpha value is -1.69. The molecule has 6 heteroatoms. The molecule has 2 aromatic rings. The zero-order valence-electron chi connectivity index (χ0n) is 9.66. The molecule has 0 saturated heterocycles. The summed E-state index contributed by atoms with van der Waals surface area (Å²) in [6.07, 6.45) is -0.493. The quantitative estimate of drug-likeness (QED) is 0.638. The Bertz CT molecular complexity index is 653. The second-order valence-corrected chi connectivity index (χ2v) is 5.39. The number of aromatic nitrogens is 1.